The van der Waals surface area contributed by atoms with E-state index in [0.29, 0.717) is 0 Å². The van der Waals surface area contributed by atoms with Crippen molar-refractivity contribution in [2.45, 2.75) is 26.3 Å². The molecule has 1 aliphatic carbocycles. The van der Waals surface area contributed by atoms with Crippen molar-refractivity contribution in [2.24, 2.45) is 5.92 Å². The first-order chi connectivity index (χ1) is 4.45. The van der Waals surface area contributed by atoms with Gasteiger partial charge in [-0.05, 0) is 12.3 Å². The molecule has 1 fully saturated rings. The maximum atomic E-state index is 3.37. The molecule has 2 aliphatic rings. The van der Waals surface area contributed by atoms with Gasteiger partial charge in [0.05, 0.1) is 0 Å². The van der Waals surface area contributed by atoms with Gasteiger partial charge in [-0.3, -0.25) is 0 Å². The van der Waals surface area contributed by atoms with Crippen LogP contribution in [0.25, 0.3) is 0 Å². The Morgan fingerprint density at radius 3 is 2.22 bits per heavy atom. The molecule has 1 aliphatic heterocycles. The molecule has 0 aromatic rings. The van der Waals surface area contributed by atoms with Crippen molar-refractivity contribution in [2.75, 3.05) is 6.54 Å². The molecule has 2 atom stereocenters. The van der Waals surface area contributed by atoms with Gasteiger partial charge in [0, 0.05) is 12.6 Å². The van der Waals surface area contributed by atoms with Crippen LogP contribution in [0.4, 0.5) is 0 Å². The highest BCUT2D eigenvalue weighted by atomic mass is 15.0. The molecule has 0 aromatic heterocycles. The van der Waals surface area contributed by atoms with Crippen LogP contribution >= 0.6 is 0 Å². The van der Waals surface area contributed by atoms with E-state index in [1.807, 2.05) is 13.8 Å². The van der Waals surface area contributed by atoms with E-state index in [4.69, 9.17) is 0 Å². The van der Waals surface area contributed by atoms with Gasteiger partial charge in [0.2, 0.25) is 0 Å². The Balaban J connectivity index is 0.000000186. The Kier molecular flexibility index (Phi) is 2.29. The van der Waals surface area contributed by atoms with Crippen LogP contribution in [0.3, 0.4) is 0 Å². The van der Waals surface area contributed by atoms with Gasteiger partial charge in [0.15, 0.2) is 0 Å². The Bertz CT molecular complexity index is 95.1. The normalized spacial score (nSPS) is 36.2. The summed E-state index contributed by atoms with van der Waals surface area (Å²) in [4.78, 5) is 0. The number of hydrogen-bond donors (Lipinski definition) is 1. The zero-order valence-corrected chi connectivity index (χ0v) is 6.22. The van der Waals surface area contributed by atoms with E-state index >= 15 is 0 Å². The molecule has 0 spiro atoms. The zero-order chi connectivity index (χ0) is 6.69. The van der Waals surface area contributed by atoms with E-state index in [-0.39, 0.29) is 0 Å². The highest BCUT2D eigenvalue weighted by molar-refractivity contribution is 5.11. The molecule has 0 saturated carbocycles. The summed E-state index contributed by atoms with van der Waals surface area (Å²) in [6.07, 6.45) is 5.95. The number of rotatable bonds is 0. The summed E-state index contributed by atoms with van der Waals surface area (Å²) in [5, 5.41) is 3.37. The second kappa shape index (κ2) is 3.02. The Morgan fingerprint density at radius 2 is 2.11 bits per heavy atom. The van der Waals surface area contributed by atoms with E-state index in [1.54, 1.807) is 0 Å². The molecular formula is C8H15N. The second-order valence-electron chi connectivity index (χ2n) is 2.40. The summed E-state index contributed by atoms with van der Waals surface area (Å²) >= 11 is 0. The third kappa shape index (κ3) is 1.33. The molecule has 2 unspecified atom stereocenters. The van der Waals surface area contributed by atoms with E-state index in [9.17, 15) is 0 Å². The molecule has 9 heavy (non-hydrogen) atoms. The van der Waals surface area contributed by atoms with Crippen LogP contribution in [-0.2, 0) is 0 Å². The van der Waals surface area contributed by atoms with Crippen molar-refractivity contribution in [1.29, 1.82) is 0 Å². The lowest BCUT2D eigenvalue weighted by atomic mass is 10.2. The van der Waals surface area contributed by atoms with E-state index in [2.05, 4.69) is 17.5 Å². The lowest BCUT2D eigenvalue weighted by molar-refractivity contribution is 0.714. The van der Waals surface area contributed by atoms with Crippen molar-refractivity contribution in [1.82, 2.24) is 5.32 Å². The fourth-order valence-electron chi connectivity index (χ4n) is 1.38. The second-order valence-corrected chi connectivity index (χ2v) is 2.40. The molecule has 0 amide bonds. The summed E-state index contributed by atoms with van der Waals surface area (Å²) in [6.45, 7) is 5.22. The molecule has 0 aromatic carbocycles. The highest BCUT2D eigenvalue weighted by Gasteiger charge is 2.24. The van der Waals surface area contributed by atoms with Crippen LogP contribution in [0.2, 0.25) is 0 Å². The van der Waals surface area contributed by atoms with Crippen LogP contribution in [-0.4, -0.2) is 12.6 Å². The van der Waals surface area contributed by atoms with Crippen LogP contribution in [0.15, 0.2) is 12.2 Å². The van der Waals surface area contributed by atoms with Crippen molar-refractivity contribution < 1.29 is 0 Å². The lowest BCUT2D eigenvalue weighted by Crippen LogP contribution is -2.20. The minimum absolute atomic E-state index is 0.741. The standard InChI is InChI=1S/C6H9N.C2H6/c1-2-6-3-5(1)4-7-6;1-2/h1-2,5-7H,3-4H2;1-2H3. The van der Waals surface area contributed by atoms with Gasteiger partial charge in [-0.1, -0.05) is 26.0 Å². The summed E-state index contributed by atoms with van der Waals surface area (Å²) in [5.74, 6) is 0.880. The van der Waals surface area contributed by atoms with Gasteiger partial charge in [0.1, 0.15) is 0 Å². The van der Waals surface area contributed by atoms with Crippen molar-refractivity contribution in [3.05, 3.63) is 12.2 Å². The first-order valence-electron chi connectivity index (χ1n) is 3.87. The predicted molar refractivity (Wildman–Crippen MR) is 40.4 cm³/mol. The minimum Gasteiger partial charge on any atom is -0.310 e. The number of fused-ring (bicyclic) bond motifs is 2. The maximum absolute atomic E-state index is 3.37. The Morgan fingerprint density at radius 1 is 1.33 bits per heavy atom. The van der Waals surface area contributed by atoms with Gasteiger partial charge in [-0.15, -0.1) is 0 Å². The average molecular weight is 125 g/mol. The van der Waals surface area contributed by atoms with Gasteiger partial charge >= 0.3 is 0 Å². The number of nitrogens with one attached hydrogen (secondary N) is 1. The molecular weight excluding hydrogens is 110 g/mol. The molecule has 0 radical (unpaired) electrons. The monoisotopic (exact) mass is 125 g/mol. The zero-order valence-electron chi connectivity index (χ0n) is 6.22. The van der Waals surface area contributed by atoms with E-state index in [1.165, 1.54) is 13.0 Å². The topological polar surface area (TPSA) is 12.0 Å². The van der Waals surface area contributed by atoms with Gasteiger partial charge < -0.3 is 5.32 Å². The van der Waals surface area contributed by atoms with E-state index in [0.717, 1.165) is 12.0 Å². The van der Waals surface area contributed by atoms with Gasteiger partial charge in [0.25, 0.3) is 0 Å². The molecule has 1 nitrogen and oxygen atoms in total. The largest absolute Gasteiger partial charge is 0.310 e. The fraction of sp³-hybridized carbons (Fsp3) is 0.750. The highest BCUT2D eigenvalue weighted by Crippen LogP contribution is 2.22. The van der Waals surface area contributed by atoms with Crippen LogP contribution < -0.4 is 5.32 Å². The van der Waals surface area contributed by atoms with Crippen LogP contribution in [0, 0.1) is 5.92 Å². The molecule has 2 rings (SSSR count). The summed E-state index contributed by atoms with van der Waals surface area (Å²) in [6, 6.07) is 0.741. The average Bonchev–Trinajstić information content (AvgIpc) is 2.53. The quantitative estimate of drug-likeness (QED) is 0.484. The summed E-state index contributed by atoms with van der Waals surface area (Å²) < 4.78 is 0. The molecule has 52 valence electrons. The fourth-order valence-corrected chi connectivity index (χ4v) is 1.38. The molecule has 2 bridgehead atoms. The lowest BCUT2D eigenvalue weighted by Gasteiger charge is -2.00. The third-order valence-corrected chi connectivity index (χ3v) is 1.81. The Hall–Kier alpha value is -0.300. The third-order valence-electron chi connectivity index (χ3n) is 1.81. The molecule has 1 saturated heterocycles. The van der Waals surface area contributed by atoms with Crippen LogP contribution in [0.5, 0.6) is 0 Å². The first kappa shape index (κ1) is 6.81. The predicted octanol–water partition coefficient (Wildman–Crippen LogP) is 1.56. The van der Waals surface area contributed by atoms with Gasteiger partial charge in [-0.25, -0.2) is 0 Å². The maximum Gasteiger partial charge on any atom is 0.0256 e. The smallest absolute Gasteiger partial charge is 0.0256 e. The van der Waals surface area contributed by atoms with Crippen molar-refractivity contribution >= 4 is 0 Å². The van der Waals surface area contributed by atoms with Crippen molar-refractivity contribution in [3.8, 4) is 0 Å². The summed E-state index contributed by atoms with van der Waals surface area (Å²) in [5.41, 5.74) is 0. The SMILES string of the molecule is C1=CC2CC1CN2.CC. The summed E-state index contributed by atoms with van der Waals surface area (Å²) in [7, 11) is 0. The Labute approximate surface area is 57.1 Å². The van der Waals surface area contributed by atoms with Crippen molar-refractivity contribution in [3.63, 3.8) is 0 Å². The molecule has 1 heterocycles. The van der Waals surface area contributed by atoms with Gasteiger partial charge in [-0.2, -0.15) is 0 Å². The molecule has 1 N–H and O–H groups in total. The van der Waals surface area contributed by atoms with E-state index < -0.39 is 0 Å². The number of hydrogen-bond acceptors (Lipinski definition) is 1. The molecule has 1 heteroatoms. The minimum atomic E-state index is 0.741. The first-order valence-corrected chi connectivity index (χ1v) is 3.87. The van der Waals surface area contributed by atoms with Crippen LogP contribution in [0.1, 0.15) is 20.3 Å².